The highest BCUT2D eigenvalue weighted by Gasteiger charge is 2.25. The van der Waals surface area contributed by atoms with Crippen LogP contribution in [0.3, 0.4) is 0 Å². The minimum atomic E-state index is -0.569. The highest BCUT2D eigenvalue weighted by Crippen LogP contribution is 2.17. The van der Waals surface area contributed by atoms with E-state index < -0.39 is 11.6 Å². The average molecular weight is 273 g/mol. The summed E-state index contributed by atoms with van der Waals surface area (Å²) in [6, 6.07) is 4.08. The molecule has 96 valence electrons. The average Bonchev–Trinajstić information content (AvgIpc) is 2.69. The molecule has 1 atom stereocenters. The number of amides is 1. The van der Waals surface area contributed by atoms with Gasteiger partial charge in [-0.05, 0) is 32.2 Å². The second-order valence-electron chi connectivity index (χ2n) is 4.52. The van der Waals surface area contributed by atoms with Crippen LogP contribution in [0, 0.1) is 0 Å². The van der Waals surface area contributed by atoms with Crippen molar-refractivity contribution in [1.29, 1.82) is 0 Å². The zero-order valence-corrected chi connectivity index (χ0v) is 12.0. The molecule has 17 heavy (non-hydrogen) atoms. The molecule has 0 radical (unpaired) electrons. The fourth-order valence-corrected chi connectivity index (χ4v) is 2.81. The largest absolute Gasteiger partial charge is 0.391 e. The molecule has 0 aliphatic rings. The van der Waals surface area contributed by atoms with Gasteiger partial charge in [0.25, 0.3) is 0 Å². The molecular weight excluding hydrogens is 254 g/mol. The molecule has 0 spiro atoms. The second-order valence-corrected chi connectivity index (χ2v) is 6.54. The Kier molecular flexibility index (Phi) is 5.49. The van der Waals surface area contributed by atoms with Crippen molar-refractivity contribution in [3.05, 3.63) is 22.4 Å². The summed E-state index contributed by atoms with van der Waals surface area (Å²) in [5, 5.41) is 14.3. The molecule has 2 N–H and O–H groups in total. The van der Waals surface area contributed by atoms with E-state index in [-0.39, 0.29) is 5.91 Å². The molecule has 1 rings (SSSR count). The summed E-state index contributed by atoms with van der Waals surface area (Å²) in [6.07, 6.45) is -0.561. The van der Waals surface area contributed by atoms with Crippen LogP contribution in [0.5, 0.6) is 0 Å². The number of hydrogen-bond acceptors (Lipinski definition) is 4. The molecule has 1 aromatic rings. The number of thiophene rings is 1. The van der Waals surface area contributed by atoms with Crippen LogP contribution in [0.15, 0.2) is 17.5 Å². The van der Waals surface area contributed by atoms with Gasteiger partial charge in [-0.15, -0.1) is 23.1 Å². The second kappa shape index (κ2) is 6.42. The van der Waals surface area contributed by atoms with E-state index in [2.05, 4.69) is 11.4 Å². The number of rotatable bonds is 6. The molecule has 0 aliphatic carbocycles. The Balaban J connectivity index is 2.26. The van der Waals surface area contributed by atoms with E-state index in [1.54, 1.807) is 30.0 Å². The third-order valence-corrected chi connectivity index (χ3v) is 4.60. The van der Waals surface area contributed by atoms with Crippen LogP contribution < -0.4 is 5.32 Å². The maximum absolute atomic E-state index is 11.7. The predicted molar refractivity (Wildman–Crippen MR) is 74.4 cm³/mol. The van der Waals surface area contributed by atoms with E-state index >= 15 is 0 Å². The van der Waals surface area contributed by atoms with E-state index in [0.717, 1.165) is 5.75 Å². The van der Waals surface area contributed by atoms with E-state index in [4.69, 9.17) is 0 Å². The molecule has 1 amide bonds. The topological polar surface area (TPSA) is 49.3 Å². The quantitative estimate of drug-likeness (QED) is 0.836. The number of aliphatic hydroxyl groups excluding tert-OH is 1. The SMILES string of the molecule is CC(O)C(C)(C)NC(=O)CSCc1cccs1. The van der Waals surface area contributed by atoms with Gasteiger partial charge in [-0.1, -0.05) is 6.07 Å². The van der Waals surface area contributed by atoms with E-state index in [1.807, 2.05) is 25.3 Å². The van der Waals surface area contributed by atoms with Crippen molar-refractivity contribution >= 4 is 29.0 Å². The Morgan fingerprint density at radius 3 is 2.88 bits per heavy atom. The summed E-state index contributed by atoms with van der Waals surface area (Å²) in [4.78, 5) is 12.9. The lowest BCUT2D eigenvalue weighted by Crippen LogP contribution is -2.51. The molecule has 0 saturated carbocycles. The van der Waals surface area contributed by atoms with Crippen molar-refractivity contribution in [1.82, 2.24) is 5.32 Å². The summed E-state index contributed by atoms with van der Waals surface area (Å²) >= 11 is 3.29. The predicted octanol–water partition coefficient (Wildman–Crippen LogP) is 2.26. The molecule has 1 heterocycles. The summed E-state index contributed by atoms with van der Waals surface area (Å²) in [5.74, 6) is 1.26. The summed E-state index contributed by atoms with van der Waals surface area (Å²) in [6.45, 7) is 5.32. The monoisotopic (exact) mass is 273 g/mol. The zero-order chi connectivity index (χ0) is 12.9. The van der Waals surface area contributed by atoms with Gasteiger partial charge in [-0.3, -0.25) is 4.79 Å². The summed E-state index contributed by atoms with van der Waals surface area (Å²) in [7, 11) is 0. The van der Waals surface area contributed by atoms with Crippen LogP contribution in [-0.4, -0.2) is 28.4 Å². The van der Waals surface area contributed by atoms with Crippen molar-refractivity contribution in [3.8, 4) is 0 Å². The lowest BCUT2D eigenvalue weighted by atomic mass is 9.99. The zero-order valence-electron chi connectivity index (χ0n) is 10.4. The molecule has 0 fully saturated rings. The fraction of sp³-hybridized carbons (Fsp3) is 0.583. The maximum Gasteiger partial charge on any atom is 0.230 e. The third kappa shape index (κ3) is 5.10. The van der Waals surface area contributed by atoms with Crippen LogP contribution in [0.2, 0.25) is 0 Å². The smallest absolute Gasteiger partial charge is 0.230 e. The van der Waals surface area contributed by atoms with E-state index in [1.165, 1.54) is 4.88 Å². The number of aliphatic hydroxyl groups is 1. The standard InChI is InChI=1S/C12H19NO2S2/c1-9(14)12(2,3)13-11(15)8-16-7-10-5-4-6-17-10/h4-6,9,14H,7-8H2,1-3H3,(H,13,15). The van der Waals surface area contributed by atoms with Gasteiger partial charge >= 0.3 is 0 Å². The Labute approximate surface area is 111 Å². The Bertz CT molecular complexity index is 347. The number of thioether (sulfide) groups is 1. The minimum Gasteiger partial charge on any atom is -0.391 e. The van der Waals surface area contributed by atoms with Crippen LogP contribution in [0.25, 0.3) is 0 Å². The molecule has 0 aromatic carbocycles. The highest BCUT2D eigenvalue weighted by molar-refractivity contribution is 7.99. The van der Waals surface area contributed by atoms with Crippen LogP contribution in [-0.2, 0) is 10.5 Å². The van der Waals surface area contributed by atoms with Gasteiger partial charge in [0.1, 0.15) is 0 Å². The van der Waals surface area contributed by atoms with Gasteiger partial charge in [0.15, 0.2) is 0 Å². The third-order valence-electron chi connectivity index (χ3n) is 2.56. The summed E-state index contributed by atoms with van der Waals surface area (Å²) in [5.41, 5.74) is -0.569. The van der Waals surface area contributed by atoms with Gasteiger partial charge in [0.05, 0.1) is 17.4 Å². The first kappa shape index (κ1) is 14.5. The maximum atomic E-state index is 11.7. The molecule has 5 heteroatoms. The van der Waals surface area contributed by atoms with Gasteiger partial charge in [0, 0.05) is 10.6 Å². The first-order valence-electron chi connectivity index (χ1n) is 5.51. The van der Waals surface area contributed by atoms with E-state index in [0.29, 0.717) is 5.75 Å². The summed E-state index contributed by atoms with van der Waals surface area (Å²) < 4.78 is 0. The molecule has 1 aromatic heterocycles. The van der Waals surface area contributed by atoms with Crippen LogP contribution in [0.1, 0.15) is 25.6 Å². The molecular formula is C12H19NO2S2. The molecule has 3 nitrogen and oxygen atoms in total. The molecule has 1 unspecified atom stereocenters. The number of nitrogens with one attached hydrogen (secondary N) is 1. The normalized spacial score (nSPS) is 13.4. The van der Waals surface area contributed by atoms with Gasteiger partial charge in [0.2, 0.25) is 5.91 Å². The van der Waals surface area contributed by atoms with Gasteiger partial charge < -0.3 is 10.4 Å². The Morgan fingerprint density at radius 2 is 2.35 bits per heavy atom. The van der Waals surface area contributed by atoms with Crippen molar-refractivity contribution in [2.24, 2.45) is 0 Å². The first-order valence-corrected chi connectivity index (χ1v) is 7.54. The number of hydrogen-bond donors (Lipinski definition) is 2. The van der Waals surface area contributed by atoms with Crippen molar-refractivity contribution in [2.45, 2.75) is 38.2 Å². The van der Waals surface area contributed by atoms with Crippen molar-refractivity contribution in [3.63, 3.8) is 0 Å². The van der Waals surface area contributed by atoms with Crippen molar-refractivity contribution in [2.75, 3.05) is 5.75 Å². The van der Waals surface area contributed by atoms with E-state index in [9.17, 15) is 9.90 Å². The van der Waals surface area contributed by atoms with Crippen LogP contribution in [0.4, 0.5) is 0 Å². The lowest BCUT2D eigenvalue weighted by Gasteiger charge is -2.29. The number of carbonyl (C=O) groups excluding carboxylic acids is 1. The highest BCUT2D eigenvalue weighted by atomic mass is 32.2. The van der Waals surface area contributed by atoms with Gasteiger partial charge in [-0.2, -0.15) is 0 Å². The van der Waals surface area contributed by atoms with Crippen molar-refractivity contribution < 1.29 is 9.90 Å². The van der Waals surface area contributed by atoms with Gasteiger partial charge in [-0.25, -0.2) is 0 Å². The number of carbonyl (C=O) groups is 1. The first-order chi connectivity index (χ1) is 7.92. The molecule has 0 bridgehead atoms. The molecule has 0 aliphatic heterocycles. The fourth-order valence-electron chi connectivity index (χ4n) is 1.14. The minimum absolute atomic E-state index is 0.0301. The Hall–Kier alpha value is -0.520. The Morgan fingerprint density at radius 1 is 1.65 bits per heavy atom. The molecule has 0 saturated heterocycles. The lowest BCUT2D eigenvalue weighted by molar-refractivity contribution is -0.121. The van der Waals surface area contributed by atoms with Crippen LogP contribution >= 0.6 is 23.1 Å².